The predicted octanol–water partition coefficient (Wildman–Crippen LogP) is 4.05. The number of benzene rings is 1. The van der Waals surface area contributed by atoms with Crippen molar-refractivity contribution in [3.05, 3.63) is 64.6 Å². The van der Waals surface area contributed by atoms with Crippen LogP contribution in [0.4, 0.5) is 5.69 Å². The highest BCUT2D eigenvalue weighted by Crippen LogP contribution is 2.33. The molecule has 3 aromatic rings. The van der Waals surface area contributed by atoms with Crippen molar-refractivity contribution in [2.75, 3.05) is 4.90 Å². The summed E-state index contributed by atoms with van der Waals surface area (Å²) in [5.74, 6) is -0.396. The number of hydrogen-bond acceptors (Lipinski definition) is 6. The van der Waals surface area contributed by atoms with Gasteiger partial charge in [0.1, 0.15) is 5.76 Å². The van der Waals surface area contributed by atoms with Crippen molar-refractivity contribution >= 4 is 29.0 Å². The van der Waals surface area contributed by atoms with E-state index in [1.807, 2.05) is 52.8 Å². The molecule has 0 aliphatic heterocycles. The van der Waals surface area contributed by atoms with Gasteiger partial charge in [-0.1, -0.05) is 16.6 Å². The van der Waals surface area contributed by atoms with E-state index in [4.69, 9.17) is 4.42 Å². The summed E-state index contributed by atoms with van der Waals surface area (Å²) in [6.07, 6.45) is 1.49. The number of furan rings is 1. The van der Waals surface area contributed by atoms with Crippen LogP contribution in [0.1, 0.15) is 54.2 Å². The van der Waals surface area contributed by atoms with Gasteiger partial charge in [0, 0.05) is 16.6 Å². The number of nitrogens with zero attached hydrogens (tertiary/aromatic N) is 3. The first kappa shape index (κ1) is 20.7. The number of rotatable bonds is 5. The normalized spacial score (nSPS) is 12.4. The maximum Gasteiger partial charge on any atom is 0.280 e. The second-order valence-electron chi connectivity index (χ2n) is 7.91. The Hall–Kier alpha value is -3.00. The number of aromatic nitrogens is 2. The number of hydrogen-bond donors (Lipinski definition) is 1. The fourth-order valence-corrected chi connectivity index (χ4v) is 3.41. The van der Waals surface area contributed by atoms with Gasteiger partial charge in [-0.15, -0.1) is 5.10 Å². The van der Waals surface area contributed by atoms with Gasteiger partial charge in [-0.25, -0.2) is 0 Å². The van der Waals surface area contributed by atoms with Gasteiger partial charge in [0.25, 0.3) is 11.8 Å². The topological polar surface area (TPSA) is 88.3 Å². The van der Waals surface area contributed by atoms with Gasteiger partial charge in [-0.05, 0) is 75.5 Å². The minimum Gasteiger partial charge on any atom is -0.467 e. The van der Waals surface area contributed by atoms with Crippen LogP contribution in [0.2, 0.25) is 0 Å². The Labute approximate surface area is 173 Å². The molecule has 2 aromatic heterocycles. The quantitative estimate of drug-likeness (QED) is 0.683. The second-order valence-corrected chi connectivity index (χ2v) is 8.52. The zero-order valence-electron chi connectivity index (χ0n) is 17.1. The molecule has 3 rings (SSSR count). The number of carbonyl (C=O) groups is 2. The number of nitrogens with one attached hydrogen (secondary N) is 1. The van der Waals surface area contributed by atoms with E-state index in [9.17, 15) is 9.59 Å². The van der Waals surface area contributed by atoms with Crippen LogP contribution in [-0.4, -0.2) is 26.9 Å². The molecule has 0 radical (unpaired) electrons. The molecule has 0 bridgehead atoms. The Bertz CT molecular complexity index is 992. The number of aryl methyl sites for hydroxylation is 2. The van der Waals surface area contributed by atoms with Gasteiger partial charge < -0.3 is 9.73 Å². The lowest BCUT2D eigenvalue weighted by atomic mass is 10.0. The van der Waals surface area contributed by atoms with E-state index in [2.05, 4.69) is 14.9 Å². The van der Waals surface area contributed by atoms with Crippen LogP contribution in [0.5, 0.6) is 0 Å². The smallest absolute Gasteiger partial charge is 0.280 e. The van der Waals surface area contributed by atoms with Crippen LogP contribution < -0.4 is 10.2 Å². The zero-order valence-corrected chi connectivity index (χ0v) is 17.9. The summed E-state index contributed by atoms with van der Waals surface area (Å²) >= 11 is 1.08. The highest BCUT2D eigenvalue weighted by molar-refractivity contribution is 7.03. The van der Waals surface area contributed by atoms with E-state index < -0.39 is 17.5 Å². The summed E-state index contributed by atoms with van der Waals surface area (Å²) in [4.78, 5) is 28.3. The second kappa shape index (κ2) is 8.16. The first-order valence-electron chi connectivity index (χ1n) is 9.20. The number of anilines is 1. The molecular weight excluding hydrogens is 388 g/mol. The van der Waals surface area contributed by atoms with E-state index in [-0.39, 0.29) is 11.6 Å². The minimum atomic E-state index is -1.00. The van der Waals surface area contributed by atoms with Crippen LogP contribution in [0, 0.1) is 13.8 Å². The van der Waals surface area contributed by atoms with Gasteiger partial charge in [0.2, 0.25) is 0 Å². The fraction of sp³-hybridized carbons (Fsp3) is 0.333. The summed E-state index contributed by atoms with van der Waals surface area (Å²) in [6, 6.07) is 8.15. The molecule has 2 heterocycles. The monoisotopic (exact) mass is 412 g/mol. The third-order valence-electron chi connectivity index (χ3n) is 4.24. The maximum atomic E-state index is 13.5. The Balaban J connectivity index is 2.19. The molecule has 1 aromatic carbocycles. The third-order valence-corrected chi connectivity index (χ3v) is 4.74. The van der Waals surface area contributed by atoms with Crippen molar-refractivity contribution in [3.8, 4) is 0 Å². The molecule has 8 heteroatoms. The van der Waals surface area contributed by atoms with E-state index in [1.54, 1.807) is 17.5 Å². The molecule has 0 saturated heterocycles. The first-order valence-corrected chi connectivity index (χ1v) is 10.0. The van der Waals surface area contributed by atoms with Crippen LogP contribution in [0.15, 0.2) is 46.4 Å². The largest absolute Gasteiger partial charge is 0.467 e. The lowest BCUT2D eigenvalue weighted by molar-refractivity contribution is -0.124. The van der Waals surface area contributed by atoms with Crippen molar-refractivity contribution in [2.24, 2.45) is 0 Å². The lowest BCUT2D eigenvalue weighted by Gasteiger charge is -2.33. The molecule has 0 aliphatic carbocycles. The standard InChI is InChI=1S/C21H24N4O3S/c1-13-8-9-14(2)16(11-13)25(20(27)15-12-29-24-23-15)18(17-7-6-10-28-17)19(26)22-21(3,4)5/h6-12,18H,1-5H3,(H,22,26)/t18-/m0/s1. The Morgan fingerprint density at radius 2 is 1.97 bits per heavy atom. The summed E-state index contributed by atoms with van der Waals surface area (Å²) in [7, 11) is 0. The van der Waals surface area contributed by atoms with Crippen LogP contribution in [0.3, 0.4) is 0 Å². The molecular formula is C21H24N4O3S. The van der Waals surface area contributed by atoms with Crippen molar-refractivity contribution in [2.45, 2.75) is 46.2 Å². The summed E-state index contributed by atoms with van der Waals surface area (Å²) < 4.78 is 9.39. The molecule has 2 amide bonds. The summed E-state index contributed by atoms with van der Waals surface area (Å²) in [6.45, 7) is 9.50. The SMILES string of the molecule is Cc1ccc(C)c(N(C(=O)c2csnn2)[C@H](C(=O)NC(C)(C)C)c2ccco2)c1. The van der Waals surface area contributed by atoms with E-state index in [0.717, 1.165) is 22.7 Å². The Morgan fingerprint density at radius 1 is 1.21 bits per heavy atom. The number of amides is 2. The molecule has 0 spiro atoms. The highest BCUT2D eigenvalue weighted by Gasteiger charge is 2.38. The molecule has 0 saturated carbocycles. The molecule has 0 aliphatic rings. The van der Waals surface area contributed by atoms with Gasteiger partial charge in [-0.3, -0.25) is 14.5 Å². The Morgan fingerprint density at radius 3 is 2.55 bits per heavy atom. The molecule has 152 valence electrons. The molecule has 1 N–H and O–H groups in total. The predicted molar refractivity (Wildman–Crippen MR) is 112 cm³/mol. The van der Waals surface area contributed by atoms with Crippen LogP contribution in [0.25, 0.3) is 0 Å². The molecule has 1 atom stereocenters. The van der Waals surface area contributed by atoms with Gasteiger partial charge in [0.05, 0.1) is 6.26 Å². The van der Waals surface area contributed by atoms with Crippen molar-refractivity contribution in [1.29, 1.82) is 0 Å². The molecule has 0 unspecified atom stereocenters. The lowest BCUT2D eigenvalue weighted by Crippen LogP contribution is -2.49. The average molecular weight is 413 g/mol. The van der Waals surface area contributed by atoms with Crippen LogP contribution >= 0.6 is 11.5 Å². The first-order chi connectivity index (χ1) is 13.7. The highest BCUT2D eigenvalue weighted by atomic mass is 32.1. The fourth-order valence-electron chi connectivity index (χ4n) is 2.98. The third kappa shape index (κ3) is 4.71. The van der Waals surface area contributed by atoms with E-state index in [0.29, 0.717) is 11.4 Å². The average Bonchev–Trinajstić information content (AvgIpc) is 3.33. The van der Waals surface area contributed by atoms with Crippen molar-refractivity contribution in [1.82, 2.24) is 14.9 Å². The number of carbonyl (C=O) groups excluding carboxylic acids is 2. The molecule has 7 nitrogen and oxygen atoms in total. The summed E-state index contributed by atoms with van der Waals surface area (Å²) in [5, 5.41) is 8.46. The van der Waals surface area contributed by atoms with Gasteiger partial charge >= 0.3 is 0 Å². The maximum absolute atomic E-state index is 13.5. The van der Waals surface area contributed by atoms with Crippen molar-refractivity contribution in [3.63, 3.8) is 0 Å². The zero-order chi connectivity index (χ0) is 21.2. The minimum absolute atomic E-state index is 0.177. The van der Waals surface area contributed by atoms with Crippen molar-refractivity contribution < 1.29 is 14.0 Å². The van der Waals surface area contributed by atoms with E-state index >= 15 is 0 Å². The summed E-state index contributed by atoms with van der Waals surface area (Å²) in [5.41, 5.74) is 2.13. The van der Waals surface area contributed by atoms with Gasteiger partial charge in [0.15, 0.2) is 11.7 Å². The van der Waals surface area contributed by atoms with Crippen LogP contribution in [-0.2, 0) is 4.79 Å². The van der Waals surface area contributed by atoms with Gasteiger partial charge in [-0.2, -0.15) is 0 Å². The molecule has 29 heavy (non-hydrogen) atoms. The van der Waals surface area contributed by atoms with E-state index in [1.165, 1.54) is 11.2 Å². The Kier molecular flexibility index (Phi) is 5.83. The molecule has 0 fully saturated rings.